The predicted molar refractivity (Wildman–Crippen MR) is 70.0 cm³/mol. The van der Waals surface area contributed by atoms with E-state index in [2.05, 4.69) is 10.5 Å². The lowest BCUT2D eigenvalue weighted by molar-refractivity contribution is -0.148. The van der Waals surface area contributed by atoms with Gasteiger partial charge < -0.3 is 14.9 Å². The molecule has 0 aromatic carbocycles. The second kappa shape index (κ2) is 5.64. The summed E-state index contributed by atoms with van der Waals surface area (Å²) in [6.07, 6.45) is 0.951. The number of aryl methyl sites for hydroxylation is 1. The molecule has 0 aliphatic carbocycles. The van der Waals surface area contributed by atoms with Gasteiger partial charge in [0.25, 0.3) is 0 Å². The molecule has 1 aromatic heterocycles. The van der Waals surface area contributed by atoms with Gasteiger partial charge in [-0.05, 0) is 31.3 Å². The Morgan fingerprint density at radius 1 is 1.53 bits per heavy atom. The Morgan fingerprint density at radius 2 is 2.21 bits per heavy atom. The van der Waals surface area contributed by atoms with Crippen LogP contribution in [0.3, 0.4) is 0 Å². The molecule has 1 aliphatic rings. The number of nitrogens with zero attached hydrogens (tertiary/aromatic N) is 1. The van der Waals surface area contributed by atoms with Gasteiger partial charge in [0, 0.05) is 6.07 Å². The quantitative estimate of drug-likeness (QED) is 0.856. The number of hydrogen-bond donors (Lipinski definition) is 2. The van der Waals surface area contributed by atoms with Crippen molar-refractivity contribution in [3.05, 3.63) is 17.5 Å². The lowest BCUT2D eigenvalue weighted by Gasteiger charge is -2.33. The second-order valence-electron chi connectivity index (χ2n) is 4.65. The molecule has 6 nitrogen and oxygen atoms in total. The highest BCUT2D eigenvalue weighted by atomic mass is 32.2. The van der Waals surface area contributed by atoms with E-state index in [9.17, 15) is 14.7 Å². The van der Waals surface area contributed by atoms with Crippen LogP contribution in [0.15, 0.2) is 10.6 Å². The van der Waals surface area contributed by atoms with Crippen molar-refractivity contribution >= 4 is 23.6 Å². The maximum Gasteiger partial charge on any atom is 0.329 e. The molecule has 1 amide bonds. The van der Waals surface area contributed by atoms with Crippen LogP contribution in [0.4, 0.5) is 0 Å². The summed E-state index contributed by atoms with van der Waals surface area (Å²) in [5.74, 6) is 0.829. The Labute approximate surface area is 114 Å². The summed E-state index contributed by atoms with van der Waals surface area (Å²) in [4.78, 5) is 23.3. The van der Waals surface area contributed by atoms with Crippen LogP contribution in [0, 0.1) is 6.92 Å². The van der Waals surface area contributed by atoms with Crippen molar-refractivity contribution in [2.45, 2.75) is 31.7 Å². The molecule has 0 saturated carbocycles. The fraction of sp³-hybridized carbons (Fsp3) is 0.583. The number of amides is 1. The minimum atomic E-state index is -1.12. The monoisotopic (exact) mass is 284 g/mol. The molecule has 1 aromatic rings. The van der Waals surface area contributed by atoms with Crippen LogP contribution in [0.2, 0.25) is 0 Å². The van der Waals surface area contributed by atoms with Crippen molar-refractivity contribution in [1.82, 2.24) is 10.5 Å². The van der Waals surface area contributed by atoms with E-state index < -0.39 is 11.5 Å². The number of rotatable bonds is 4. The first-order valence-corrected chi connectivity index (χ1v) is 7.22. The van der Waals surface area contributed by atoms with Crippen LogP contribution in [0.1, 0.15) is 24.3 Å². The zero-order valence-electron chi connectivity index (χ0n) is 10.6. The number of hydrogen-bond acceptors (Lipinski definition) is 5. The Kier molecular flexibility index (Phi) is 4.14. The number of carbonyl (C=O) groups is 2. The van der Waals surface area contributed by atoms with Gasteiger partial charge in [-0.15, -0.1) is 0 Å². The largest absolute Gasteiger partial charge is 0.480 e. The summed E-state index contributed by atoms with van der Waals surface area (Å²) < 4.78 is 4.88. The molecule has 0 bridgehead atoms. The van der Waals surface area contributed by atoms with E-state index >= 15 is 0 Å². The number of carbonyl (C=O) groups excluding carboxylic acids is 1. The number of carboxylic acids is 1. The van der Waals surface area contributed by atoms with Gasteiger partial charge in [0.2, 0.25) is 5.91 Å². The fourth-order valence-electron chi connectivity index (χ4n) is 2.09. The Hall–Kier alpha value is -1.50. The number of aliphatic carboxylic acids is 1. The number of carboxylic acid groups (broad SMARTS) is 1. The van der Waals surface area contributed by atoms with E-state index in [0.717, 1.165) is 11.5 Å². The molecule has 1 aliphatic heterocycles. The van der Waals surface area contributed by atoms with Gasteiger partial charge in [0.1, 0.15) is 11.3 Å². The molecule has 0 spiro atoms. The molecule has 2 heterocycles. The minimum absolute atomic E-state index is 0.0412. The molecule has 19 heavy (non-hydrogen) atoms. The van der Waals surface area contributed by atoms with Crippen LogP contribution < -0.4 is 5.32 Å². The lowest BCUT2D eigenvalue weighted by Crippen LogP contribution is -2.56. The zero-order chi connectivity index (χ0) is 13.9. The van der Waals surface area contributed by atoms with Gasteiger partial charge in [-0.2, -0.15) is 11.8 Å². The Balaban J connectivity index is 2.01. The molecule has 0 unspecified atom stereocenters. The van der Waals surface area contributed by atoms with Crippen molar-refractivity contribution in [3.8, 4) is 0 Å². The molecule has 0 atom stereocenters. The SMILES string of the molecule is Cc1cc(CC(=O)NC2(C(=O)O)CCSCC2)no1. The molecule has 1 fully saturated rings. The van der Waals surface area contributed by atoms with Crippen molar-refractivity contribution < 1.29 is 19.2 Å². The van der Waals surface area contributed by atoms with Crippen molar-refractivity contribution in [1.29, 1.82) is 0 Å². The van der Waals surface area contributed by atoms with Gasteiger partial charge in [0.15, 0.2) is 0 Å². The summed E-state index contributed by atoms with van der Waals surface area (Å²) >= 11 is 1.71. The highest BCUT2D eigenvalue weighted by Gasteiger charge is 2.41. The molecule has 7 heteroatoms. The Morgan fingerprint density at radius 3 is 2.74 bits per heavy atom. The van der Waals surface area contributed by atoms with E-state index in [1.54, 1.807) is 24.8 Å². The van der Waals surface area contributed by atoms with Crippen molar-refractivity contribution in [3.63, 3.8) is 0 Å². The first-order valence-electron chi connectivity index (χ1n) is 6.06. The van der Waals surface area contributed by atoms with E-state index in [1.807, 2.05) is 0 Å². The van der Waals surface area contributed by atoms with Crippen LogP contribution in [-0.4, -0.2) is 39.2 Å². The van der Waals surface area contributed by atoms with Crippen LogP contribution in [0.5, 0.6) is 0 Å². The standard InChI is InChI=1S/C12H16N2O4S/c1-8-6-9(14-18-8)7-10(15)13-12(11(16)17)2-4-19-5-3-12/h6H,2-5,7H2,1H3,(H,13,15)(H,16,17). The number of nitrogens with one attached hydrogen (secondary N) is 1. The third kappa shape index (κ3) is 3.28. The summed E-state index contributed by atoms with van der Waals surface area (Å²) in [7, 11) is 0. The molecule has 0 radical (unpaired) electrons. The summed E-state index contributed by atoms with van der Waals surface area (Å²) in [6, 6.07) is 1.67. The van der Waals surface area contributed by atoms with E-state index in [1.165, 1.54) is 0 Å². The van der Waals surface area contributed by atoms with Gasteiger partial charge >= 0.3 is 5.97 Å². The third-order valence-electron chi connectivity index (χ3n) is 3.15. The first-order chi connectivity index (χ1) is 9.02. The van der Waals surface area contributed by atoms with Crippen LogP contribution in [0.25, 0.3) is 0 Å². The number of aromatic nitrogens is 1. The molecular weight excluding hydrogens is 268 g/mol. The lowest BCUT2D eigenvalue weighted by atomic mass is 9.92. The predicted octanol–water partition coefficient (Wildman–Crippen LogP) is 0.992. The topological polar surface area (TPSA) is 92.4 Å². The summed E-state index contributed by atoms with van der Waals surface area (Å²) in [5, 5.41) is 15.7. The minimum Gasteiger partial charge on any atom is -0.480 e. The van der Waals surface area contributed by atoms with Gasteiger partial charge in [-0.25, -0.2) is 4.79 Å². The summed E-state index contributed by atoms with van der Waals surface area (Å²) in [6.45, 7) is 1.74. The fourth-order valence-corrected chi connectivity index (χ4v) is 3.28. The Bertz CT molecular complexity index is 480. The van der Waals surface area contributed by atoms with Gasteiger partial charge in [-0.3, -0.25) is 4.79 Å². The average molecular weight is 284 g/mol. The first kappa shape index (κ1) is 13.9. The molecule has 1 saturated heterocycles. The maximum absolute atomic E-state index is 11.9. The summed E-state index contributed by atoms with van der Waals surface area (Å²) in [5.41, 5.74) is -0.609. The van der Waals surface area contributed by atoms with E-state index in [4.69, 9.17) is 4.52 Å². The molecule has 104 valence electrons. The highest BCUT2D eigenvalue weighted by Crippen LogP contribution is 2.27. The maximum atomic E-state index is 11.9. The van der Waals surface area contributed by atoms with Crippen molar-refractivity contribution in [2.75, 3.05) is 11.5 Å². The van der Waals surface area contributed by atoms with Crippen molar-refractivity contribution in [2.24, 2.45) is 0 Å². The van der Waals surface area contributed by atoms with E-state index in [0.29, 0.717) is 24.3 Å². The smallest absolute Gasteiger partial charge is 0.329 e. The average Bonchev–Trinajstić information content (AvgIpc) is 2.75. The highest BCUT2D eigenvalue weighted by molar-refractivity contribution is 7.99. The van der Waals surface area contributed by atoms with E-state index in [-0.39, 0.29) is 12.3 Å². The number of thioether (sulfide) groups is 1. The second-order valence-corrected chi connectivity index (χ2v) is 5.88. The van der Waals surface area contributed by atoms with Gasteiger partial charge in [0.05, 0.1) is 12.1 Å². The normalized spacial score (nSPS) is 17.9. The molecule has 2 N–H and O–H groups in total. The molecular formula is C12H16N2O4S. The zero-order valence-corrected chi connectivity index (χ0v) is 11.5. The molecule has 2 rings (SSSR count). The van der Waals surface area contributed by atoms with Crippen LogP contribution >= 0.6 is 11.8 Å². The van der Waals surface area contributed by atoms with Crippen LogP contribution in [-0.2, 0) is 16.0 Å². The third-order valence-corrected chi connectivity index (χ3v) is 4.14. The van der Waals surface area contributed by atoms with Gasteiger partial charge in [-0.1, -0.05) is 5.16 Å².